The normalized spacial score (nSPS) is 21.0. The second kappa shape index (κ2) is 10.0. The summed E-state index contributed by atoms with van der Waals surface area (Å²) in [6, 6.07) is 6.92. The van der Waals surface area contributed by atoms with Crippen LogP contribution in [0.25, 0.3) is 23.2 Å². The molecule has 1 aliphatic carbocycles. The molecule has 5 rings (SSSR count). The van der Waals surface area contributed by atoms with Gasteiger partial charge in [-0.2, -0.15) is 0 Å². The number of aromatic nitrogens is 4. The zero-order valence-corrected chi connectivity index (χ0v) is 19.8. The minimum atomic E-state index is -0.313. The van der Waals surface area contributed by atoms with Crippen molar-refractivity contribution in [1.82, 2.24) is 19.9 Å². The lowest BCUT2D eigenvalue weighted by molar-refractivity contribution is 0.0681. The molecule has 1 aromatic carbocycles. The van der Waals surface area contributed by atoms with Gasteiger partial charge in [0.15, 0.2) is 5.82 Å². The molecule has 2 fully saturated rings. The summed E-state index contributed by atoms with van der Waals surface area (Å²) in [6.07, 6.45) is 10.8. The Morgan fingerprint density at radius 3 is 2.53 bits per heavy atom. The van der Waals surface area contributed by atoms with E-state index >= 15 is 0 Å². The molecule has 2 aliphatic rings. The fraction of sp³-hybridized carbons (Fsp3) is 0.462. The van der Waals surface area contributed by atoms with Crippen LogP contribution in [0, 0.1) is 12.7 Å². The number of hydrogen-bond acceptors (Lipinski definition) is 7. The molecule has 0 amide bonds. The number of fused-ring (bicyclic) bond motifs is 1. The molecule has 1 N–H and O–H groups in total. The van der Waals surface area contributed by atoms with E-state index in [9.17, 15) is 4.39 Å². The number of halogens is 1. The van der Waals surface area contributed by atoms with Crippen molar-refractivity contribution in [3.63, 3.8) is 0 Å². The molecule has 8 heteroatoms. The Labute approximate surface area is 199 Å². The molecule has 0 unspecified atom stereocenters. The van der Waals surface area contributed by atoms with Crippen LogP contribution >= 0.6 is 0 Å². The van der Waals surface area contributed by atoms with Crippen molar-refractivity contribution in [3.8, 4) is 0 Å². The van der Waals surface area contributed by atoms with E-state index in [4.69, 9.17) is 14.7 Å². The van der Waals surface area contributed by atoms with Crippen molar-refractivity contribution in [2.24, 2.45) is 0 Å². The Morgan fingerprint density at radius 2 is 1.76 bits per heavy atom. The summed E-state index contributed by atoms with van der Waals surface area (Å²) >= 11 is 0. The maximum Gasteiger partial charge on any atom is 0.156 e. The van der Waals surface area contributed by atoms with E-state index in [1.54, 1.807) is 13.2 Å². The summed E-state index contributed by atoms with van der Waals surface area (Å²) in [5.74, 6) is 2.14. The molecule has 0 bridgehead atoms. The lowest BCUT2D eigenvalue weighted by atomic mass is 9.93. The van der Waals surface area contributed by atoms with Gasteiger partial charge in [0, 0.05) is 38.4 Å². The van der Waals surface area contributed by atoms with Gasteiger partial charge in [0.2, 0.25) is 0 Å². The Kier molecular flexibility index (Phi) is 6.67. The van der Waals surface area contributed by atoms with Crippen molar-refractivity contribution in [2.45, 2.75) is 57.6 Å². The number of anilines is 2. The maximum absolute atomic E-state index is 13.5. The van der Waals surface area contributed by atoms with E-state index in [1.807, 2.05) is 19.1 Å². The Balaban J connectivity index is 1.41. The molecule has 1 saturated heterocycles. The smallest absolute Gasteiger partial charge is 0.156 e. The average molecular weight is 463 g/mol. The first kappa shape index (κ1) is 22.7. The maximum atomic E-state index is 13.5. The van der Waals surface area contributed by atoms with Gasteiger partial charge in [-0.25, -0.2) is 24.3 Å². The number of benzene rings is 1. The molecule has 178 valence electrons. The highest BCUT2D eigenvalue weighted by Crippen LogP contribution is 2.26. The fourth-order valence-corrected chi connectivity index (χ4v) is 4.80. The van der Waals surface area contributed by atoms with E-state index in [2.05, 4.69) is 26.3 Å². The largest absolute Gasteiger partial charge is 0.381 e. The van der Waals surface area contributed by atoms with Crippen molar-refractivity contribution >= 4 is 34.8 Å². The first-order valence-corrected chi connectivity index (χ1v) is 12.1. The minimum Gasteiger partial charge on any atom is -0.381 e. The summed E-state index contributed by atoms with van der Waals surface area (Å²) in [5.41, 5.74) is 2.67. The van der Waals surface area contributed by atoms with Gasteiger partial charge in [-0.15, -0.1) is 0 Å². The van der Waals surface area contributed by atoms with E-state index in [-0.39, 0.29) is 5.82 Å². The molecule has 3 heterocycles. The first-order valence-electron chi connectivity index (χ1n) is 12.1. The van der Waals surface area contributed by atoms with Gasteiger partial charge in [-0.05, 0) is 69.7 Å². The third-order valence-corrected chi connectivity index (χ3v) is 6.75. The summed E-state index contributed by atoms with van der Waals surface area (Å²) in [6.45, 7) is 3.91. The highest BCUT2D eigenvalue weighted by molar-refractivity contribution is 5.77. The minimum absolute atomic E-state index is 0.313. The van der Waals surface area contributed by atoms with Crippen LogP contribution in [0.3, 0.4) is 0 Å². The molecular formula is C26H31FN6O. The molecule has 1 saturated carbocycles. The molecule has 3 aromatic rings. The van der Waals surface area contributed by atoms with E-state index in [1.165, 1.54) is 25.0 Å². The third kappa shape index (κ3) is 5.17. The van der Waals surface area contributed by atoms with Crippen molar-refractivity contribution < 1.29 is 9.13 Å². The second-order valence-corrected chi connectivity index (χ2v) is 9.18. The summed E-state index contributed by atoms with van der Waals surface area (Å²) in [7, 11) is 1.80. The molecule has 2 aromatic heterocycles. The highest BCUT2D eigenvalue weighted by atomic mass is 19.1. The molecule has 0 radical (unpaired) electrons. The molecule has 0 atom stereocenters. The van der Waals surface area contributed by atoms with Gasteiger partial charge in [-0.1, -0.05) is 0 Å². The van der Waals surface area contributed by atoms with Crippen LogP contribution in [0.1, 0.15) is 55.7 Å². The Morgan fingerprint density at radius 1 is 0.971 bits per heavy atom. The summed E-state index contributed by atoms with van der Waals surface area (Å²) in [4.78, 5) is 21.1. The van der Waals surface area contributed by atoms with Gasteiger partial charge in [-0.3, -0.25) is 0 Å². The second-order valence-electron chi connectivity index (χ2n) is 9.18. The Bertz CT molecular complexity index is 1190. The van der Waals surface area contributed by atoms with Crippen LogP contribution in [0.5, 0.6) is 0 Å². The van der Waals surface area contributed by atoms with Crippen LogP contribution in [0.4, 0.5) is 16.0 Å². The lowest BCUT2D eigenvalue weighted by Gasteiger charge is -2.29. The van der Waals surface area contributed by atoms with Crippen molar-refractivity contribution in [1.29, 1.82) is 0 Å². The predicted molar refractivity (Wildman–Crippen MR) is 133 cm³/mol. The molecule has 34 heavy (non-hydrogen) atoms. The van der Waals surface area contributed by atoms with Crippen LogP contribution in [0.15, 0.2) is 24.3 Å². The van der Waals surface area contributed by atoms with Crippen molar-refractivity contribution in [2.75, 3.05) is 30.4 Å². The predicted octanol–water partition coefficient (Wildman–Crippen LogP) is 5.01. The zero-order chi connectivity index (χ0) is 23.5. The van der Waals surface area contributed by atoms with Crippen LogP contribution in [-0.4, -0.2) is 52.3 Å². The number of methoxy groups -OCH3 is 1. The SMILES string of the molecule is CO[C@H]1CC[C@H](Nc2cc(N3CCCC3)nc(C=Cc3nc4ccc(F)cc4nc3C)n2)CC1. The average Bonchev–Trinajstić information content (AvgIpc) is 3.38. The van der Waals surface area contributed by atoms with Gasteiger partial charge in [0.1, 0.15) is 17.5 Å². The van der Waals surface area contributed by atoms with Crippen LogP contribution in [-0.2, 0) is 4.74 Å². The highest BCUT2D eigenvalue weighted by Gasteiger charge is 2.22. The monoisotopic (exact) mass is 462 g/mol. The first-order chi connectivity index (χ1) is 16.6. The van der Waals surface area contributed by atoms with Gasteiger partial charge < -0.3 is 15.0 Å². The molecular weight excluding hydrogens is 431 g/mol. The quantitative estimate of drug-likeness (QED) is 0.552. The fourth-order valence-electron chi connectivity index (χ4n) is 4.80. The van der Waals surface area contributed by atoms with Crippen LogP contribution < -0.4 is 10.2 Å². The standard InChI is InChI=1S/C26H31FN6O/c1-17-21(30-22-10-5-18(27)15-23(22)28-17)11-12-24-31-25(16-26(32-24)33-13-3-4-14-33)29-19-6-8-20(34-2)9-7-19/h5,10-12,15-16,19-20H,3-4,6-9,13-14H2,1-2H3,(H,29,31,32)/t19-,20-. The summed E-state index contributed by atoms with van der Waals surface area (Å²) in [5, 5.41) is 3.64. The van der Waals surface area contributed by atoms with Gasteiger partial charge in [0.25, 0.3) is 0 Å². The number of rotatable bonds is 6. The van der Waals surface area contributed by atoms with E-state index in [0.717, 1.165) is 61.8 Å². The van der Waals surface area contributed by atoms with Gasteiger partial charge >= 0.3 is 0 Å². The topological polar surface area (TPSA) is 76.1 Å². The number of ether oxygens (including phenoxy) is 1. The lowest BCUT2D eigenvalue weighted by Crippen LogP contribution is -2.30. The molecule has 7 nitrogen and oxygen atoms in total. The third-order valence-electron chi connectivity index (χ3n) is 6.75. The van der Waals surface area contributed by atoms with E-state index < -0.39 is 0 Å². The van der Waals surface area contributed by atoms with Gasteiger partial charge in [0.05, 0.1) is 28.5 Å². The number of hydrogen-bond donors (Lipinski definition) is 1. The summed E-state index contributed by atoms with van der Waals surface area (Å²) < 4.78 is 19.0. The number of nitrogens with one attached hydrogen (secondary N) is 1. The van der Waals surface area contributed by atoms with Crippen LogP contribution in [0.2, 0.25) is 0 Å². The van der Waals surface area contributed by atoms with Crippen molar-refractivity contribution in [3.05, 3.63) is 47.3 Å². The molecule has 1 aliphatic heterocycles. The van der Waals surface area contributed by atoms with E-state index in [0.29, 0.717) is 29.0 Å². The molecule has 0 spiro atoms. The number of aryl methyl sites for hydroxylation is 1. The zero-order valence-electron chi connectivity index (χ0n) is 19.8. The number of nitrogens with zero attached hydrogens (tertiary/aromatic N) is 5. The Hall–Kier alpha value is -3.13.